The standard InChI is InChI=1S/C12H7N3O3S/c16-7-9-2-1-5-14(9)12-13-10-4-3-8(15(17)18)6-11(10)19-12/h1-7H. The minimum Gasteiger partial charge on any atom is -0.296 e. The Kier molecular flexibility index (Phi) is 2.60. The lowest BCUT2D eigenvalue weighted by Gasteiger charge is -1.97. The Morgan fingerprint density at radius 1 is 1.37 bits per heavy atom. The van der Waals surface area contributed by atoms with Crippen molar-refractivity contribution in [2.45, 2.75) is 0 Å². The first-order valence-electron chi connectivity index (χ1n) is 5.37. The van der Waals surface area contributed by atoms with E-state index in [4.69, 9.17) is 0 Å². The SMILES string of the molecule is O=Cc1cccn1-c1nc2ccc([N+](=O)[O-])cc2s1. The molecule has 0 saturated carbocycles. The van der Waals surface area contributed by atoms with Crippen LogP contribution in [0.5, 0.6) is 0 Å². The van der Waals surface area contributed by atoms with Crippen LogP contribution in [0.3, 0.4) is 0 Å². The number of nitro groups is 1. The summed E-state index contributed by atoms with van der Waals surface area (Å²) in [5.41, 5.74) is 1.20. The maximum Gasteiger partial charge on any atom is 0.270 e. The minimum absolute atomic E-state index is 0.0332. The molecule has 0 fully saturated rings. The van der Waals surface area contributed by atoms with E-state index in [1.165, 1.54) is 23.5 Å². The number of benzene rings is 1. The molecule has 19 heavy (non-hydrogen) atoms. The van der Waals surface area contributed by atoms with Crippen LogP contribution in [0.1, 0.15) is 10.5 Å². The van der Waals surface area contributed by atoms with Gasteiger partial charge in [0.2, 0.25) is 0 Å². The van der Waals surface area contributed by atoms with Crippen molar-refractivity contribution in [2.75, 3.05) is 0 Å². The lowest BCUT2D eigenvalue weighted by atomic mass is 10.3. The Labute approximate surface area is 111 Å². The Balaban J connectivity index is 2.16. The van der Waals surface area contributed by atoms with E-state index < -0.39 is 4.92 Å². The van der Waals surface area contributed by atoms with Crippen LogP contribution >= 0.6 is 11.3 Å². The van der Waals surface area contributed by atoms with E-state index in [-0.39, 0.29) is 5.69 Å². The summed E-state index contributed by atoms with van der Waals surface area (Å²) in [5, 5.41) is 11.3. The van der Waals surface area contributed by atoms with Gasteiger partial charge in [-0.05, 0) is 18.2 Å². The number of rotatable bonds is 3. The third-order valence-corrected chi connectivity index (χ3v) is 3.70. The van der Waals surface area contributed by atoms with Gasteiger partial charge in [0.1, 0.15) is 0 Å². The van der Waals surface area contributed by atoms with E-state index in [1.54, 1.807) is 29.0 Å². The second kappa shape index (κ2) is 4.29. The average Bonchev–Trinajstić information content (AvgIpc) is 3.03. The molecule has 6 nitrogen and oxygen atoms in total. The smallest absolute Gasteiger partial charge is 0.270 e. The topological polar surface area (TPSA) is 78.0 Å². The Bertz CT molecular complexity index is 790. The molecule has 94 valence electrons. The molecule has 0 atom stereocenters. The number of nitro benzene ring substituents is 1. The van der Waals surface area contributed by atoms with E-state index in [1.807, 2.05) is 0 Å². The monoisotopic (exact) mass is 273 g/mol. The number of carbonyl (C=O) groups excluding carboxylic acids is 1. The fourth-order valence-electron chi connectivity index (χ4n) is 1.78. The lowest BCUT2D eigenvalue weighted by Crippen LogP contribution is -1.95. The molecule has 0 aliphatic rings. The first-order valence-corrected chi connectivity index (χ1v) is 6.18. The van der Waals surface area contributed by atoms with E-state index >= 15 is 0 Å². The predicted molar refractivity (Wildman–Crippen MR) is 71.0 cm³/mol. The summed E-state index contributed by atoms with van der Waals surface area (Å²) in [6.07, 6.45) is 2.48. The molecule has 3 aromatic rings. The Morgan fingerprint density at radius 2 is 2.21 bits per heavy atom. The molecule has 7 heteroatoms. The van der Waals surface area contributed by atoms with Crippen molar-refractivity contribution in [3.8, 4) is 5.13 Å². The van der Waals surface area contributed by atoms with Crippen molar-refractivity contribution in [3.05, 3.63) is 52.3 Å². The zero-order chi connectivity index (χ0) is 13.4. The molecule has 0 bridgehead atoms. The summed E-state index contributed by atoms with van der Waals surface area (Å²) in [6.45, 7) is 0. The Morgan fingerprint density at radius 3 is 2.95 bits per heavy atom. The van der Waals surface area contributed by atoms with Crippen LogP contribution in [0.2, 0.25) is 0 Å². The van der Waals surface area contributed by atoms with Gasteiger partial charge in [0.15, 0.2) is 11.4 Å². The zero-order valence-corrected chi connectivity index (χ0v) is 10.3. The van der Waals surface area contributed by atoms with Crippen LogP contribution in [0.25, 0.3) is 15.3 Å². The number of hydrogen-bond acceptors (Lipinski definition) is 5. The number of thiazole rings is 1. The van der Waals surface area contributed by atoms with Crippen LogP contribution in [0.4, 0.5) is 5.69 Å². The molecule has 0 spiro atoms. The van der Waals surface area contributed by atoms with Gasteiger partial charge < -0.3 is 0 Å². The summed E-state index contributed by atoms with van der Waals surface area (Å²) in [4.78, 5) is 25.5. The van der Waals surface area contributed by atoms with Crippen LogP contribution in [0.15, 0.2) is 36.5 Å². The molecule has 2 heterocycles. The van der Waals surface area contributed by atoms with Crippen molar-refractivity contribution < 1.29 is 9.72 Å². The number of nitrogens with zero attached hydrogens (tertiary/aromatic N) is 3. The maximum atomic E-state index is 10.9. The van der Waals surface area contributed by atoms with Crippen molar-refractivity contribution in [1.82, 2.24) is 9.55 Å². The quantitative estimate of drug-likeness (QED) is 0.417. The molecule has 3 rings (SSSR count). The summed E-state index contributed by atoms with van der Waals surface area (Å²) < 4.78 is 2.37. The molecule has 0 saturated heterocycles. The largest absolute Gasteiger partial charge is 0.296 e. The second-order valence-corrected chi connectivity index (χ2v) is 4.84. The number of carbonyl (C=O) groups is 1. The fraction of sp³-hybridized carbons (Fsp3) is 0. The molecule has 0 amide bonds. The van der Waals surface area contributed by atoms with E-state index in [2.05, 4.69) is 4.98 Å². The zero-order valence-electron chi connectivity index (χ0n) is 9.52. The van der Waals surface area contributed by atoms with E-state index in [0.717, 1.165) is 11.0 Å². The van der Waals surface area contributed by atoms with Crippen LogP contribution in [0, 0.1) is 10.1 Å². The van der Waals surface area contributed by atoms with Gasteiger partial charge >= 0.3 is 0 Å². The highest BCUT2D eigenvalue weighted by Crippen LogP contribution is 2.28. The van der Waals surface area contributed by atoms with Gasteiger partial charge in [-0.15, -0.1) is 0 Å². The van der Waals surface area contributed by atoms with Gasteiger partial charge in [-0.2, -0.15) is 0 Å². The summed E-state index contributed by atoms with van der Waals surface area (Å²) in [5.74, 6) is 0. The third kappa shape index (κ3) is 1.89. The van der Waals surface area contributed by atoms with E-state index in [9.17, 15) is 14.9 Å². The highest BCUT2D eigenvalue weighted by atomic mass is 32.1. The molecule has 0 N–H and O–H groups in total. The van der Waals surface area contributed by atoms with Gasteiger partial charge in [0.25, 0.3) is 5.69 Å². The highest BCUT2D eigenvalue weighted by molar-refractivity contribution is 7.20. The molecular weight excluding hydrogens is 266 g/mol. The molecule has 0 radical (unpaired) electrons. The van der Waals surface area contributed by atoms with Crippen molar-refractivity contribution in [3.63, 3.8) is 0 Å². The first-order chi connectivity index (χ1) is 9.19. The van der Waals surface area contributed by atoms with Crippen LogP contribution in [-0.4, -0.2) is 20.8 Å². The molecular formula is C12H7N3O3S. The lowest BCUT2D eigenvalue weighted by molar-refractivity contribution is -0.384. The van der Waals surface area contributed by atoms with Crippen LogP contribution in [-0.2, 0) is 0 Å². The maximum absolute atomic E-state index is 10.9. The number of aromatic nitrogens is 2. The first kappa shape index (κ1) is 11.5. The highest BCUT2D eigenvalue weighted by Gasteiger charge is 2.12. The fourth-order valence-corrected chi connectivity index (χ4v) is 2.79. The third-order valence-electron chi connectivity index (χ3n) is 2.68. The van der Waals surface area contributed by atoms with Gasteiger partial charge in [-0.3, -0.25) is 19.5 Å². The van der Waals surface area contributed by atoms with Gasteiger partial charge in [-0.1, -0.05) is 11.3 Å². The van der Waals surface area contributed by atoms with Crippen molar-refractivity contribution in [2.24, 2.45) is 0 Å². The van der Waals surface area contributed by atoms with E-state index in [0.29, 0.717) is 16.3 Å². The molecule has 0 aliphatic heterocycles. The summed E-state index contributed by atoms with van der Waals surface area (Å²) in [6, 6.07) is 7.94. The molecule has 2 aromatic heterocycles. The molecule has 0 unspecified atom stereocenters. The molecule has 0 aliphatic carbocycles. The molecule has 1 aromatic carbocycles. The number of non-ortho nitro benzene ring substituents is 1. The average molecular weight is 273 g/mol. The summed E-state index contributed by atoms with van der Waals surface area (Å²) in [7, 11) is 0. The van der Waals surface area contributed by atoms with Gasteiger partial charge in [0, 0.05) is 18.3 Å². The number of hydrogen-bond donors (Lipinski definition) is 0. The predicted octanol–water partition coefficient (Wildman–Crippen LogP) is 2.81. The minimum atomic E-state index is -0.439. The Hall–Kier alpha value is -2.54. The number of fused-ring (bicyclic) bond motifs is 1. The van der Waals surface area contributed by atoms with Crippen molar-refractivity contribution >= 4 is 33.5 Å². The number of aldehydes is 1. The normalized spacial score (nSPS) is 10.7. The summed E-state index contributed by atoms with van der Waals surface area (Å²) >= 11 is 1.30. The van der Waals surface area contributed by atoms with Gasteiger partial charge in [-0.25, -0.2) is 4.98 Å². The van der Waals surface area contributed by atoms with Gasteiger partial charge in [0.05, 0.1) is 20.8 Å². The second-order valence-electron chi connectivity index (χ2n) is 3.83. The van der Waals surface area contributed by atoms with Crippen molar-refractivity contribution in [1.29, 1.82) is 0 Å². The van der Waals surface area contributed by atoms with Crippen LogP contribution < -0.4 is 0 Å².